The van der Waals surface area contributed by atoms with E-state index in [1.165, 1.54) is 38.5 Å². The average molecular weight is 488 g/mol. The van der Waals surface area contributed by atoms with Gasteiger partial charge in [-0.2, -0.15) is 0 Å². The molecule has 0 aromatic carbocycles. The summed E-state index contributed by atoms with van der Waals surface area (Å²) in [5, 5.41) is 33.8. The Kier molecular flexibility index (Phi) is 12.0. The summed E-state index contributed by atoms with van der Waals surface area (Å²) < 4.78 is 5.77. The maximum absolute atomic E-state index is 12.5. The molecule has 1 aliphatic carbocycles. The van der Waals surface area contributed by atoms with E-state index in [0.29, 0.717) is 12.5 Å². The first-order valence-corrected chi connectivity index (χ1v) is 12.1. The Morgan fingerprint density at radius 2 is 1.44 bits per heavy atom. The molecule has 0 radical (unpaired) electrons. The summed E-state index contributed by atoms with van der Waals surface area (Å²) in [6, 6.07) is 0. The third-order valence-corrected chi connectivity index (χ3v) is 6.69. The van der Waals surface area contributed by atoms with Gasteiger partial charge in [0.15, 0.2) is 5.60 Å². The van der Waals surface area contributed by atoms with Gasteiger partial charge in [0, 0.05) is 5.54 Å². The Labute approximate surface area is 201 Å². The zero-order valence-corrected chi connectivity index (χ0v) is 20.6. The zero-order valence-electron chi connectivity index (χ0n) is 20.6. The van der Waals surface area contributed by atoms with Crippen LogP contribution in [0.4, 0.5) is 0 Å². The average Bonchev–Trinajstić information content (AvgIpc) is 3.44. The minimum atomic E-state index is -2.74. The van der Waals surface area contributed by atoms with Crippen molar-refractivity contribution in [1.82, 2.24) is 4.90 Å². The minimum absolute atomic E-state index is 0.0153. The van der Waals surface area contributed by atoms with Crippen molar-refractivity contribution in [2.45, 2.75) is 96.1 Å². The molecule has 4 N–H and O–H groups in total. The van der Waals surface area contributed by atoms with Gasteiger partial charge in [0.25, 0.3) is 0 Å². The number of aliphatic carboxylic acids is 3. The molecule has 0 aromatic rings. The van der Waals surface area contributed by atoms with E-state index in [4.69, 9.17) is 25.2 Å². The van der Waals surface area contributed by atoms with Gasteiger partial charge in [0.05, 0.1) is 18.8 Å². The van der Waals surface area contributed by atoms with Gasteiger partial charge in [-0.1, -0.05) is 26.2 Å². The number of nitrogens with zero attached hydrogens (tertiary/aromatic N) is 1. The lowest BCUT2D eigenvalue weighted by Crippen LogP contribution is -2.46. The highest BCUT2D eigenvalue weighted by atomic mass is 16.5. The molecule has 196 valence electrons. The number of carbonyl (C=O) groups is 4. The van der Waals surface area contributed by atoms with E-state index in [1.807, 2.05) is 0 Å². The van der Waals surface area contributed by atoms with Crippen LogP contribution >= 0.6 is 0 Å². The number of hydrogen-bond acceptors (Lipinski definition) is 7. The molecule has 1 unspecified atom stereocenters. The van der Waals surface area contributed by atoms with E-state index in [9.17, 15) is 19.2 Å². The molecule has 2 fully saturated rings. The van der Waals surface area contributed by atoms with E-state index in [2.05, 4.69) is 25.7 Å². The van der Waals surface area contributed by atoms with Gasteiger partial charge < -0.3 is 25.2 Å². The second-order valence-corrected chi connectivity index (χ2v) is 10.0. The van der Waals surface area contributed by atoms with Crippen molar-refractivity contribution < 1.29 is 44.3 Å². The number of carbonyl (C=O) groups excluding carboxylic acids is 1. The standard InChI is InChI=1S/C18H33NO2.C6H8O7/c1-4-9-16(15-10-5-6-11-15)17(20)21-14-18(2,3)19-12-7-8-13-19;7-3(8)1-6(13,5(11)12)2-4(9)10/h15-16H,4-14H2,1-3H3;13H,1-2H2,(H,7,8)(H,9,10)(H,11,12). The maximum atomic E-state index is 12.5. The van der Waals surface area contributed by atoms with Crippen LogP contribution in [0.1, 0.15) is 85.0 Å². The molecule has 2 rings (SSSR count). The summed E-state index contributed by atoms with van der Waals surface area (Å²) in [5.41, 5.74) is -2.75. The molecule has 1 saturated heterocycles. The van der Waals surface area contributed by atoms with Gasteiger partial charge in [-0.05, 0) is 65.0 Å². The highest BCUT2D eigenvalue weighted by Crippen LogP contribution is 2.35. The van der Waals surface area contributed by atoms with E-state index < -0.39 is 36.4 Å². The zero-order chi connectivity index (χ0) is 25.9. The van der Waals surface area contributed by atoms with Crippen LogP contribution in [-0.4, -0.2) is 80.0 Å². The molecule has 2 aliphatic rings. The number of hydrogen-bond donors (Lipinski definition) is 4. The Morgan fingerprint density at radius 1 is 0.941 bits per heavy atom. The Hall–Kier alpha value is -2.20. The molecule has 1 aliphatic heterocycles. The van der Waals surface area contributed by atoms with Gasteiger partial charge in [0.1, 0.15) is 6.61 Å². The fraction of sp³-hybridized carbons (Fsp3) is 0.833. The predicted molar refractivity (Wildman–Crippen MR) is 123 cm³/mol. The molecule has 1 atom stereocenters. The van der Waals surface area contributed by atoms with Gasteiger partial charge >= 0.3 is 23.9 Å². The Morgan fingerprint density at radius 3 is 1.85 bits per heavy atom. The van der Waals surface area contributed by atoms with Crippen LogP contribution in [-0.2, 0) is 23.9 Å². The number of esters is 1. The van der Waals surface area contributed by atoms with Gasteiger partial charge in [-0.25, -0.2) is 4.79 Å². The van der Waals surface area contributed by atoms with E-state index in [1.54, 1.807) is 0 Å². The topological polar surface area (TPSA) is 162 Å². The second kappa shape index (κ2) is 13.6. The van der Waals surface area contributed by atoms with Crippen LogP contribution in [0.5, 0.6) is 0 Å². The molecule has 10 nitrogen and oxygen atoms in total. The maximum Gasteiger partial charge on any atom is 0.336 e. The first-order chi connectivity index (χ1) is 15.8. The van der Waals surface area contributed by atoms with Crippen molar-refractivity contribution in [3.05, 3.63) is 0 Å². The highest BCUT2D eigenvalue weighted by molar-refractivity contribution is 5.88. The second-order valence-electron chi connectivity index (χ2n) is 10.0. The van der Waals surface area contributed by atoms with E-state index in [-0.39, 0.29) is 17.4 Å². The monoisotopic (exact) mass is 487 g/mol. The van der Waals surface area contributed by atoms with Gasteiger partial charge in [-0.15, -0.1) is 0 Å². The summed E-state index contributed by atoms with van der Waals surface area (Å²) in [4.78, 5) is 45.5. The number of likely N-dealkylation sites (tertiary alicyclic amines) is 1. The molecule has 0 spiro atoms. The van der Waals surface area contributed by atoms with Crippen LogP contribution in [0.2, 0.25) is 0 Å². The first kappa shape index (κ1) is 29.8. The van der Waals surface area contributed by atoms with Crippen molar-refractivity contribution >= 4 is 23.9 Å². The molecule has 1 saturated carbocycles. The van der Waals surface area contributed by atoms with Crippen molar-refractivity contribution in [2.24, 2.45) is 11.8 Å². The largest absolute Gasteiger partial charge is 0.481 e. The molecule has 1 heterocycles. The molecule has 0 amide bonds. The van der Waals surface area contributed by atoms with Crippen LogP contribution in [0, 0.1) is 11.8 Å². The third kappa shape index (κ3) is 9.58. The predicted octanol–water partition coefficient (Wildman–Crippen LogP) is 2.76. The highest BCUT2D eigenvalue weighted by Gasteiger charge is 2.41. The summed E-state index contributed by atoms with van der Waals surface area (Å²) >= 11 is 0. The van der Waals surface area contributed by atoms with Gasteiger partial charge in [0.2, 0.25) is 0 Å². The Bertz CT molecular complexity index is 679. The minimum Gasteiger partial charge on any atom is -0.481 e. The molecular weight excluding hydrogens is 446 g/mol. The molecule has 0 bridgehead atoms. The van der Waals surface area contributed by atoms with Gasteiger partial charge in [-0.3, -0.25) is 19.3 Å². The smallest absolute Gasteiger partial charge is 0.336 e. The molecule has 10 heteroatoms. The fourth-order valence-corrected chi connectivity index (χ4v) is 4.70. The van der Waals surface area contributed by atoms with E-state index >= 15 is 0 Å². The third-order valence-electron chi connectivity index (χ3n) is 6.69. The van der Waals surface area contributed by atoms with Crippen LogP contribution in [0.25, 0.3) is 0 Å². The number of carboxylic acids is 3. The van der Waals surface area contributed by atoms with Crippen molar-refractivity contribution in [1.29, 1.82) is 0 Å². The van der Waals surface area contributed by atoms with Crippen LogP contribution in [0.3, 0.4) is 0 Å². The quantitative estimate of drug-likeness (QED) is 0.301. The van der Waals surface area contributed by atoms with Crippen molar-refractivity contribution in [3.8, 4) is 0 Å². The first-order valence-electron chi connectivity index (χ1n) is 12.1. The number of carboxylic acid groups (broad SMARTS) is 3. The van der Waals surface area contributed by atoms with Crippen molar-refractivity contribution in [2.75, 3.05) is 19.7 Å². The van der Waals surface area contributed by atoms with Crippen LogP contribution in [0.15, 0.2) is 0 Å². The van der Waals surface area contributed by atoms with E-state index in [0.717, 1.165) is 25.9 Å². The molecule has 34 heavy (non-hydrogen) atoms. The van der Waals surface area contributed by atoms with Crippen molar-refractivity contribution in [3.63, 3.8) is 0 Å². The SMILES string of the molecule is CCCC(C(=O)OCC(C)(C)N1CCCC1)C1CCCC1.O=C(O)CC(O)(CC(=O)O)C(=O)O. The van der Waals surface area contributed by atoms with Crippen LogP contribution < -0.4 is 0 Å². The lowest BCUT2D eigenvalue weighted by atomic mass is 9.87. The molecular formula is C24H41NO9. The molecule has 0 aromatic heterocycles. The summed E-state index contributed by atoms with van der Waals surface area (Å²) in [6.45, 7) is 9.41. The number of aliphatic hydroxyl groups is 1. The lowest BCUT2D eigenvalue weighted by molar-refractivity contribution is -0.170. The normalized spacial score (nSPS) is 18.1. The number of rotatable bonds is 12. The summed E-state index contributed by atoms with van der Waals surface area (Å²) in [5.74, 6) is -4.23. The number of ether oxygens (including phenoxy) is 1. The summed E-state index contributed by atoms with van der Waals surface area (Å²) in [7, 11) is 0. The fourth-order valence-electron chi connectivity index (χ4n) is 4.70. The Balaban J connectivity index is 0.000000385. The lowest BCUT2D eigenvalue weighted by Gasteiger charge is -2.35. The summed E-state index contributed by atoms with van der Waals surface area (Å²) in [6.07, 6.45) is 7.35.